The molecule has 0 saturated carbocycles. The molecule has 226 valence electrons. The topological polar surface area (TPSA) is 65.0 Å². The number of nitrogens with zero attached hydrogens (tertiary/aromatic N) is 3. The summed E-state index contributed by atoms with van der Waals surface area (Å²) in [4.78, 5) is 15.4. The highest BCUT2D eigenvalue weighted by Gasteiger charge is 2.24. The van der Waals surface area contributed by atoms with Gasteiger partial charge in [-0.3, -0.25) is 0 Å². The van der Waals surface area contributed by atoms with Gasteiger partial charge in [0.25, 0.3) is 0 Å². The number of fused-ring (bicyclic) bond motifs is 8. The zero-order chi connectivity index (χ0) is 31.6. The molecule has 0 fully saturated rings. The normalized spacial score (nSPS) is 12.8. The molecular weight excluding hydrogens is 590 g/mol. The lowest BCUT2D eigenvalue weighted by Gasteiger charge is -2.17. The van der Waals surface area contributed by atoms with Gasteiger partial charge >= 0.3 is 0 Å². The summed E-state index contributed by atoms with van der Waals surface area (Å²) in [6.07, 6.45) is 6.45. The highest BCUT2D eigenvalue weighted by Crippen LogP contribution is 2.44. The maximum Gasteiger partial charge on any atom is 0.164 e. The number of hydrogen-bond donors (Lipinski definition) is 0. The SMILES string of the molecule is C1=Cc2c(c(-c3ccccc3)cc3c2oc2cccc(-c4nc(-c5ccccc5)nc(-c5cccc6oc7ccccc7c56)n4)c23)CC1. The first kappa shape index (κ1) is 26.8. The summed E-state index contributed by atoms with van der Waals surface area (Å²) in [6, 6.07) is 43.4. The number of allylic oxidation sites excluding steroid dienone is 1. The fourth-order valence-corrected chi connectivity index (χ4v) is 7.25. The number of furan rings is 2. The highest BCUT2D eigenvalue weighted by atomic mass is 16.3. The van der Waals surface area contributed by atoms with Crippen LogP contribution in [0.5, 0.6) is 0 Å². The van der Waals surface area contributed by atoms with E-state index in [2.05, 4.69) is 66.7 Å². The molecular formula is C43H27N3O2. The molecule has 0 bridgehead atoms. The van der Waals surface area contributed by atoms with Crippen LogP contribution >= 0.6 is 0 Å². The maximum absolute atomic E-state index is 6.69. The summed E-state index contributed by atoms with van der Waals surface area (Å²) in [5, 5.41) is 4.06. The van der Waals surface area contributed by atoms with Gasteiger partial charge in [-0.25, -0.2) is 15.0 Å². The van der Waals surface area contributed by atoms with Gasteiger partial charge in [0.15, 0.2) is 17.5 Å². The fraction of sp³-hybridized carbons (Fsp3) is 0.0465. The second-order valence-corrected chi connectivity index (χ2v) is 12.2. The molecule has 1 aliphatic carbocycles. The molecule has 3 aromatic heterocycles. The van der Waals surface area contributed by atoms with Gasteiger partial charge < -0.3 is 8.83 Å². The second kappa shape index (κ2) is 10.6. The molecule has 0 spiro atoms. The molecule has 0 N–H and O–H groups in total. The first-order valence-corrected chi connectivity index (χ1v) is 16.3. The van der Waals surface area contributed by atoms with Crippen molar-refractivity contribution in [2.75, 3.05) is 0 Å². The van der Waals surface area contributed by atoms with Crippen molar-refractivity contribution in [2.24, 2.45) is 0 Å². The lowest BCUT2D eigenvalue weighted by molar-refractivity contribution is 0.666. The predicted octanol–water partition coefficient (Wildman–Crippen LogP) is 11.3. The van der Waals surface area contributed by atoms with Gasteiger partial charge in [0.05, 0.1) is 0 Å². The Labute approximate surface area is 275 Å². The van der Waals surface area contributed by atoms with E-state index in [1.807, 2.05) is 72.8 Å². The molecule has 0 saturated heterocycles. The summed E-state index contributed by atoms with van der Waals surface area (Å²) < 4.78 is 12.9. The summed E-state index contributed by atoms with van der Waals surface area (Å²) in [5.74, 6) is 1.79. The molecule has 1 aliphatic rings. The third kappa shape index (κ3) is 4.14. The van der Waals surface area contributed by atoms with Crippen molar-refractivity contribution in [3.63, 3.8) is 0 Å². The summed E-state index contributed by atoms with van der Waals surface area (Å²) in [7, 11) is 0. The largest absolute Gasteiger partial charge is 0.456 e. The Kier molecular flexibility index (Phi) is 5.93. The van der Waals surface area contributed by atoms with Crippen molar-refractivity contribution in [3.05, 3.63) is 145 Å². The number of benzene rings is 6. The zero-order valence-electron chi connectivity index (χ0n) is 25.9. The minimum atomic E-state index is 0.589. The average molecular weight is 618 g/mol. The van der Waals surface area contributed by atoms with E-state index in [4.69, 9.17) is 23.8 Å². The van der Waals surface area contributed by atoms with E-state index < -0.39 is 0 Å². The van der Waals surface area contributed by atoms with Crippen molar-refractivity contribution in [2.45, 2.75) is 12.8 Å². The number of hydrogen-bond acceptors (Lipinski definition) is 5. The minimum absolute atomic E-state index is 0.589. The smallest absolute Gasteiger partial charge is 0.164 e. The quantitative estimate of drug-likeness (QED) is 0.197. The van der Waals surface area contributed by atoms with Gasteiger partial charge in [-0.05, 0) is 53.8 Å². The standard InChI is InChI=1S/C43H27N3O2/c1-3-13-26(14-4-1)33-25-34-39-32(21-12-24-37(39)48-40(34)29-18-8-7-17-28(29)33)43-45-41(27-15-5-2-6-16-27)44-42(46-43)31-20-11-23-36-38(31)30-19-9-10-22-35(30)47-36/h1-6,8-16,18-25H,7,17H2. The Hall–Kier alpha value is -6.33. The third-order valence-corrected chi connectivity index (χ3v) is 9.42. The van der Waals surface area contributed by atoms with Crippen LogP contribution in [0.1, 0.15) is 17.5 Å². The average Bonchev–Trinajstić information content (AvgIpc) is 3.74. The second-order valence-electron chi connectivity index (χ2n) is 12.2. The van der Waals surface area contributed by atoms with Gasteiger partial charge in [-0.2, -0.15) is 0 Å². The fourth-order valence-electron chi connectivity index (χ4n) is 7.25. The number of para-hydroxylation sites is 1. The van der Waals surface area contributed by atoms with E-state index >= 15 is 0 Å². The van der Waals surface area contributed by atoms with Gasteiger partial charge in [-0.1, -0.05) is 115 Å². The molecule has 48 heavy (non-hydrogen) atoms. The number of aromatic nitrogens is 3. The number of rotatable bonds is 4. The summed E-state index contributed by atoms with van der Waals surface area (Å²) in [6.45, 7) is 0. The van der Waals surface area contributed by atoms with E-state index in [9.17, 15) is 0 Å². The Morgan fingerprint density at radius 3 is 1.83 bits per heavy atom. The van der Waals surface area contributed by atoms with Crippen molar-refractivity contribution in [3.8, 4) is 45.3 Å². The molecule has 6 aromatic carbocycles. The highest BCUT2D eigenvalue weighted by molar-refractivity contribution is 6.15. The summed E-state index contributed by atoms with van der Waals surface area (Å²) in [5.41, 5.74) is 11.0. The molecule has 9 aromatic rings. The lowest BCUT2D eigenvalue weighted by atomic mass is 9.87. The predicted molar refractivity (Wildman–Crippen MR) is 193 cm³/mol. The van der Waals surface area contributed by atoms with Gasteiger partial charge in [0.2, 0.25) is 0 Å². The van der Waals surface area contributed by atoms with Crippen molar-refractivity contribution in [1.82, 2.24) is 15.0 Å². The Morgan fingerprint density at radius 2 is 1.08 bits per heavy atom. The van der Waals surface area contributed by atoms with E-state index in [1.54, 1.807) is 0 Å². The van der Waals surface area contributed by atoms with Crippen LogP contribution < -0.4 is 0 Å². The molecule has 0 radical (unpaired) electrons. The third-order valence-electron chi connectivity index (χ3n) is 9.42. The van der Waals surface area contributed by atoms with Gasteiger partial charge in [-0.15, -0.1) is 0 Å². The molecule has 5 heteroatoms. The van der Waals surface area contributed by atoms with Crippen LogP contribution in [0.2, 0.25) is 0 Å². The molecule has 0 unspecified atom stereocenters. The van der Waals surface area contributed by atoms with Crippen LogP contribution in [-0.2, 0) is 6.42 Å². The van der Waals surface area contributed by atoms with Crippen molar-refractivity contribution < 1.29 is 8.83 Å². The van der Waals surface area contributed by atoms with Crippen LogP contribution in [0.4, 0.5) is 0 Å². The van der Waals surface area contributed by atoms with E-state index in [1.165, 1.54) is 16.7 Å². The van der Waals surface area contributed by atoms with Crippen LogP contribution in [0.25, 0.3) is 95.2 Å². The zero-order valence-corrected chi connectivity index (χ0v) is 25.9. The van der Waals surface area contributed by atoms with Crippen molar-refractivity contribution in [1.29, 1.82) is 0 Å². The molecule has 3 heterocycles. The molecule has 0 atom stereocenters. The first-order valence-electron chi connectivity index (χ1n) is 16.3. The van der Waals surface area contributed by atoms with Crippen LogP contribution in [0, 0.1) is 0 Å². The Morgan fingerprint density at radius 1 is 0.479 bits per heavy atom. The lowest BCUT2D eigenvalue weighted by Crippen LogP contribution is -2.01. The molecule has 0 amide bonds. The van der Waals surface area contributed by atoms with Crippen LogP contribution in [0.3, 0.4) is 0 Å². The van der Waals surface area contributed by atoms with Crippen LogP contribution in [0.15, 0.2) is 142 Å². The van der Waals surface area contributed by atoms with E-state index in [0.29, 0.717) is 17.5 Å². The maximum atomic E-state index is 6.69. The van der Waals surface area contributed by atoms with E-state index in [0.717, 1.165) is 79.0 Å². The van der Waals surface area contributed by atoms with Gasteiger partial charge in [0.1, 0.15) is 22.3 Å². The monoisotopic (exact) mass is 617 g/mol. The first-order chi connectivity index (χ1) is 23.8. The molecule has 10 rings (SSSR count). The molecule has 5 nitrogen and oxygen atoms in total. The Balaban J connectivity index is 1.28. The van der Waals surface area contributed by atoms with Crippen LogP contribution in [-0.4, -0.2) is 15.0 Å². The molecule has 0 aliphatic heterocycles. The summed E-state index contributed by atoms with van der Waals surface area (Å²) >= 11 is 0. The minimum Gasteiger partial charge on any atom is -0.456 e. The van der Waals surface area contributed by atoms with E-state index in [-0.39, 0.29) is 0 Å². The Bertz CT molecular complexity index is 2720. The van der Waals surface area contributed by atoms with Crippen molar-refractivity contribution >= 4 is 50.0 Å². The van der Waals surface area contributed by atoms with Gasteiger partial charge in [0, 0.05) is 43.8 Å².